The smallest absolute Gasteiger partial charge is 0.339 e. The molecule has 6 heteroatoms. The van der Waals surface area contributed by atoms with Gasteiger partial charge in [0.25, 0.3) is 0 Å². The van der Waals surface area contributed by atoms with Crippen LogP contribution in [0.1, 0.15) is 27.6 Å². The van der Waals surface area contributed by atoms with Crippen LogP contribution in [0.3, 0.4) is 0 Å². The molecule has 0 atom stereocenters. The summed E-state index contributed by atoms with van der Waals surface area (Å²) in [6, 6.07) is 7.89. The summed E-state index contributed by atoms with van der Waals surface area (Å²) in [7, 11) is 0. The van der Waals surface area contributed by atoms with Crippen molar-refractivity contribution in [3.05, 3.63) is 41.5 Å². The van der Waals surface area contributed by atoms with Crippen molar-refractivity contribution in [2.75, 3.05) is 13.4 Å². The Balaban J connectivity index is 2.78. The Labute approximate surface area is 120 Å². The second-order valence-corrected chi connectivity index (χ2v) is 4.15. The number of aromatic carboxylic acids is 1. The Morgan fingerprint density at radius 2 is 1.81 bits per heavy atom. The highest BCUT2D eigenvalue weighted by atomic mass is 16.6. The highest BCUT2D eigenvalue weighted by molar-refractivity contribution is 6.11. The summed E-state index contributed by atoms with van der Waals surface area (Å²) in [5.41, 5.74) is -0.0547. The Hall–Kier alpha value is -2.60. The van der Waals surface area contributed by atoms with E-state index in [9.17, 15) is 14.7 Å². The summed E-state index contributed by atoms with van der Waals surface area (Å²) >= 11 is 0. The molecule has 2 rings (SSSR count). The number of aliphatic hydroxyl groups excluding tert-OH is 1. The minimum absolute atomic E-state index is 0.0219. The van der Waals surface area contributed by atoms with Gasteiger partial charge in [-0.2, -0.15) is 0 Å². The summed E-state index contributed by atoms with van der Waals surface area (Å²) < 4.78 is 9.98. The van der Waals surface area contributed by atoms with E-state index < -0.39 is 18.7 Å². The summed E-state index contributed by atoms with van der Waals surface area (Å²) in [6.45, 7) is 1.19. The van der Waals surface area contributed by atoms with Gasteiger partial charge in [-0.25, -0.2) is 9.59 Å². The van der Waals surface area contributed by atoms with E-state index in [2.05, 4.69) is 0 Å². The van der Waals surface area contributed by atoms with E-state index in [4.69, 9.17) is 14.6 Å². The summed E-state index contributed by atoms with van der Waals surface area (Å²) in [4.78, 5) is 23.4. The Morgan fingerprint density at radius 1 is 1.14 bits per heavy atom. The number of benzene rings is 2. The molecule has 6 nitrogen and oxygen atoms in total. The number of esters is 1. The van der Waals surface area contributed by atoms with Crippen LogP contribution >= 0.6 is 0 Å². The topological polar surface area (TPSA) is 93.1 Å². The molecule has 0 heterocycles. The van der Waals surface area contributed by atoms with Crippen molar-refractivity contribution in [1.82, 2.24) is 0 Å². The molecular formula is C15H14O6. The molecule has 0 amide bonds. The molecule has 0 unspecified atom stereocenters. The van der Waals surface area contributed by atoms with Crippen molar-refractivity contribution in [2.24, 2.45) is 0 Å². The first-order valence-corrected chi connectivity index (χ1v) is 6.30. The quantitative estimate of drug-likeness (QED) is 0.646. The fourth-order valence-electron chi connectivity index (χ4n) is 2.11. The number of hydrogen-bond donors (Lipinski definition) is 2. The van der Waals surface area contributed by atoms with Crippen LogP contribution in [0.2, 0.25) is 0 Å². The fraction of sp³-hybridized carbons (Fsp3) is 0.200. The molecule has 0 bridgehead atoms. The van der Waals surface area contributed by atoms with Crippen molar-refractivity contribution in [3.63, 3.8) is 0 Å². The van der Waals surface area contributed by atoms with E-state index in [1.807, 2.05) is 0 Å². The highest BCUT2D eigenvalue weighted by Crippen LogP contribution is 2.33. The predicted molar refractivity (Wildman–Crippen MR) is 74.6 cm³/mol. The van der Waals surface area contributed by atoms with Crippen molar-refractivity contribution in [1.29, 1.82) is 0 Å². The third-order valence-electron chi connectivity index (χ3n) is 2.93. The highest BCUT2D eigenvalue weighted by Gasteiger charge is 2.21. The fourth-order valence-corrected chi connectivity index (χ4v) is 2.11. The average molecular weight is 290 g/mol. The van der Waals surface area contributed by atoms with Gasteiger partial charge in [-0.3, -0.25) is 0 Å². The molecule has 0 aromatic heterocycles. The molecule has 0 saturated carbocycles. The number of carbonyl (C=O) groups is 2. The molecule has 0 saturated heterocycles. The molecule has 0 radical (unpaired) electrons. The van der Waals surface area contributed by atoms with Gasteiger partial charge in [0.2, 0.25) is 0 Å². The van der Waals surface area contributed by atoms with Crippen LogP contribution in [-0.2, 0) is 4.74 Å². The van der Waals surface area contributed by atoms with Gasteiger partial charge in [-0.05, 0) is 18.4 Å². The zero-order valence-corrected chi connectivity index (χ0v) is 11.3. The van der Waals surface area contributed by atoms with Gasteiger partial charge in [0.1, 0.15) is 11.3 Å². The second-order valence-electron chi connectivity index (χ2n) is 4.15. The lowest BCUT2D eigenvalue weighted by Crippen LogP contribution is -2.10. The number of carboxylic acid groups (broad SMARTS) is 1. The normalized spacial score (nSPS) is 10.4. The minimum atomic E-state index is -1.25. The van der Waals surface area contributed by atoms with Crippen molar-refractivity contribution >= 4 is 22.7 Å². The molecule has 0 spiro atoms. The Morgan fingerprint density at radius 3 is 2.38 bits per heavy atom. The molecule has 21 heavy (non-hydrogen) atoms. The number of carboxylic acids is 1. The van der Waals surface area contributed by atoms with E-state index in [1.165, 1.54) is 6.07 Å². The van der Waals surface area contributed by atoms with Crippen LogP contribution in [-0.4, -0.2) is 35.6 Å². The molecule has 2 N–H and O–H groups in total. The average Bonchev–Trinajstić information content (AvgIpc) is 2.47. The monoisotopic (exact) mass is 290 g/mol. The second kappa shape index (κ2) is 6.23. The SMILES string of the molecule is CCOC(=O)c1cc(C(=O)O)c(OCO)c2ccccc12. The van der Waals surface area contributed by atoms with Crippen molar-refractivity contribution < 1.29 is 29.3 Å². The maximum absolute atomic E-state index is 12.0. The van der Waals surface area contributed by atoms with E-state index in [0.717, 1.165) is 0 Å². The van der Waals surface area contributed by atoms with Crippen LogP contribution in [0.25, 0.3) is 10.8 Å². The summed E-state index contributed by atoms with van der Waals surface area (Å²) in [5.74, 6) is -1.84. The maximum atomic E-state index is 12.0. The van der Waals surface area contributed by atoms with Crippen molar-refractivity contribution in [3.8, 4) is 5.75 Å². The lowest BCUT2D eigenvalue weighted by Gasteiger charge is -2.13. The first-order chi connectivity index (χ1) is 10.1. The Bertz CT molecular complexity index is 692. The zero-order chi connectivity index (χ0) is 15.4. The summed E-state index contributed by atoms with van der Waals surface area (Å²) in [5, 5.41) is 19.1. The van der Waals surface area contributed by atoms with Gasteiger partial charge in [-0.15, -0.1) is 0 Å². The Kier molecular flexibility index (Phi) is 4.39. The van der Waals surface area contributed by atoms with Crippen LogP contribution in [0.4, 0.5) is 0 Å². The molecular weight excluding hydrogens is 276 g/mol. The number of hydrogen-bond acceptors (Lipinski definition) is 5. The first-order valence-electron chi connectivity index (χ1n) is 6.30. The van der Waals surface area contributed by atoms with Crippen LogP contribution in [0, 0.1) is 0 Å². The molecule has 110 valence electrons. The van der Waals surface area contributed by atoms with Gasteiger partial charge < -0.3 is 19.7 Å². The summed E-state index contributed by atoms with van der Waals surface area (Å²) in [6.07, 6.45) is 0. The van der Waals surface area contributed by atoms with Crippen LogP contribution in [0.5, 0.6) is 5.75 Å². The number of carbonyl (C=O) groups excluding carboxylic acids is 1. The third-order valence-corrected chi connectivity index (χ3v) is 2.93. The maximum Gasteiger partial charge on any atom is 0.339 e. The lowest BCUT2D eigenvalue weighted by molar-refractivity contribution is 0.0528. The molecule has 0 aliphatic rings. The lowest BCUT2D eigenvalue weighted by atomic mass is 9.99. The molecule has 0 aliphatic carbocycles. The molecule has 2 aromatic rings. The number of aliphatic hydroxyl groups is 1. The van der Waals surface area contributed by atoms with Crippen molar-refractivity contribution in [2.45, 2.75) is 6.92 Å². The van der Waals surface area contributed by atoms with E-state index in [0.29, 0.717) is 10.8 Å². The van der Waals surface area contributed by atoms with E-state index in [1.54, 1.807) is 31.2 Å². The third kappa shape index (κ3) is 2.80. The van der Waals surface area contributed by atoms with Crippen LogP contribution in [0.15, 0.2) is 30.3 Å². The van der Waals surface area contributed by atoms with E-state index in [-0.39, 0.29) is 23.5 Å². The number of fused-ring (bicyclic) bond motifs is 1. The van der Waals surface area contributed by atoms with Gasteiger partial charge in [0.15, 0.2) is 6.79 Å². The van der Waals surface area contributed by atoms with Crippen LogP contribution < -0.4 is 4.74 Å². The minimum Gasteiger partial charge on any atom is -0.478 e. The zero-order valence-electron chi connectivity index (χ0n) is 11.3. The van der Waals surface area contributed by atoms with E-state index >= 15 is 0 Å². The first kappa shape index (κ1) is 14.8. The van der Waals surface area contributed by atoms with Gasteiger partial charge in [-0.1, -0.05) is 24.3 Å². The largest absolute Gasteiger partial charge is 0.478 e. The standard InChI is InChI=1S/C15H14O6/c1-2-20-15(19)11-7-12(14(17)18)13(21-8-16)10-6-4-3-5-9(10)11/h3-7,16H,2,8H2,1H3,(H,17,18). The molecule has 2 aromatic carbocycles. The van der Waals surface area contributed by atoms with Gasteiger partial charge >= 0.3 is 11.9 Å². The number of ether oxygens (including phenoxy) is 2. The molecule has 0 fully saturated rings. The van der Waals surface area contributed by atoms with Gasteiger partial charge in [0.05, 0.1) is 12.2 Å². The predicted octanol–water partition coefficient (Wildman–Crippen LogP) is 2.04. The van der Waals surface area contributed by atoms with Gasteiger partial charge in [0, 0.05) is 5.39 Å². The number of rotatable bonds is 5. The molecule has 0 aliphatic heterocycles.